The number of aromatic nitrogens is 4. The fourth-order valence-corrected chi connectivity index (χ4v) is 5.34. The molecule has 0 aliphatic carbocycles. The topological polar surface area (TPSA) is 131 Å². The zero-order valence-electron chi connectivity index (χ0n) is 21.3. The van der Waals surface area contributed by atoms with Gasteiger partial charge >= 0.3 is 17.6 Å². The van der Waals surface area contributed by atoms with Gasteiger partial charge in [-0.25, -0.2) is 14.4 Å². The summed E-state index contributed by atoms with van der Waals surface area (Å²) < 4.78 is 3.51. The number of benzene rings is 2. The van der Waals surface area contributed by atoms with Gasteiger partial charge in [0.1, 0.15) is 0 Å². The summed E-state index contributed by atoms with van der Waals surface area (Å²) in [5, 5.41) is 18.4. The largest absolute Gasteiger partial charge is 0.478 e. The molecular weight excluding hydrogens is 510 g/mol. The van der Waals surface area contributed by atoms with Gasteiger partial charge in [0.05, 0.1) is 51.5 Å². The Bertz CT molecular complexity index is 1790. The first kappa shape index (κ1) is 25.2. The summed E-state index contributed by atoms with van der Waals surface area (Å²) in [7, 11) is 0. The number of carbonyl (C=O) groups is 2. The number of hydrogen-bond donors (Lipinski definition) is 2. The van der Waals surface area contributed by atoms with E-state index in [1.54, 1.807) is 29.0 Å². The van der Waals surface area contributed by atoms with Gasteiger partial charge in [-0.05, 0) is 55.0 Å². The Hall–Kier alpha value is -5.09. The number of para-hydroxylation sites is 2. The molecule has 3 aromatic heterocycles. The third kappa shape index (κ3) is 4.65. The van der Waals surface area contributed by atoms with Gasteiger partial charge in [0.15, 0.2) is 0 Å². The van der Waals surface area contributed by atoms with Crippen molar-refractivity contribution in [3.63, 3.8) is 0 Å². The van der Waals surface area contributed by atoms with E-state index in [0.29, 0.717) is 30.2 Å². The minimum atomic E-state index is -0.986. The van der Waals surface area contributed by atoms with Gasteiger partial charge < -0.3 is 10.2 Å². The lowest BCUT2D eigenvalue weighted by Crippen LogP contribution is -2.29. The number of fused-ring (bicyclic) bond motifs is 1. The lowest BCUT2D eigenvalue weighted by atomic mass is 10.1. The van der Waals surface area contributed by atoms with Crippen molar-refractivity contribution in [2.45, 2.75) is 19.0 Å². The van der Waals surface area contributed by atoms with Crippen molar-refractivity contribution in [2.75, 3.05) is 13.1 Å². The standard InChI is InChI=1S/C30H25N5O5/c36-28(37)20-7-5-19(6-8-20)25-10-9-23(16-32-25)34-26-3-1-2-4-27(26)35(30(34)40)24-12-14-33(18-24)17-22-15-21(29(38)39)11-13-31-22/h1-11,13,15-16,24H,12,14,17-18H2,(H,36,37)(H,38,39)/t24-/m0/s1. The second kappa shape index (κ2) is 10.2. The lowest BCUT2D eigenvalue weighted by molar-refractivity contribution is 0.0686. The molecule has 0 saturated carbocycles. The average molecular weight is 536 g/mol. The number of pyridine rings is 2. The average Bonchev–Trinajstić information content (AvgIpc) is 3.54. The zero-order valence-corrected chi connectivity index (χ0v) is 21.3. The van der Waals surface area contributed by atoms with Crippen LogP contribution in [-0.2, 0) is 6.54 Å². The number of carboxylic acid groups (broad SMARTS) is 2. The maximum Gasteiger partial charge on any atom is 0.335 e. The second-order valence-corrected chi connectivity index (χ2v) is 9.78. The quantitative estimate of drug-likeness (QED) is 0.319. The normalized spacial score (nSPS) is 15.4. The number of imidazole rings is 1. The Morgan fingerprint density at radius 3 is 2.33 bits per heavy atom. The highest BCUT2D eigenvalue weighted by molar-refractivity contribution is 5.88. The van der Waals surface area contributed by atoms with E-state index in [9.17, 15) is 19.5 Å². The summed E-state index contributed by atoms with van der Waals surface area (Å²) in [6, 6.07) is 20.8. The Labute approximate surface area is 228 Å². The van der Waals surface area contributed by atoms with E-state index in [0.717, 1.165) is 29.6 Å². The van der Waals surface area contributed by atoms with Crippen LogP contribution in [-0.4, -0.2) is 59.2 Å². The first-order valence-electron chi connectivity index (χ1n) is 12.8. The number of hydrogen-bond acceptors (Lipinski definition) is 6. The van der Waals surface area contributed by atoms with Crippen molar-refractivity contribution >= 4 is 23.0 Å². The van der Waals surface area contributed by atoms with Crippen LogP contribution in [0.5, 0.6) is 0 Å². The molecule has 10 heteroatoms. The summed E-state index contributed by atoms with van der Waals surface area (Å²) >= 11 is 0. The highest BCUT2D eigenvalue weighted by Gasteiger charge is 2.28. The van der Waals surface area contributed by atoms with Crippen LogP contribution >= 0.6 is 0 Å². The molecule has 40 heavy (non-hydrogen) atoms. The number of carboxylic acids is 2. The van der Waals surface area contributed by atoms with Gasteiger partial charge in [-0.3, -0.25) is 24.0 Å². The first-order valence-corrected chi connectivity index (χ1v) is 12.8. The Kier molecular flexibility index (Phi) is 6.45. The van der Waals surface area contributed by atoms with Crippen LogP contribution < -0.4 is 5.69 Å². The van der Waals surface area contributed by atoms with Gasteiger partial charge in [-0.1, -0.05) is 24.3 Å². The van der Waals surface area contributed by atoms with Crippen LogP contribution in [0.15, 0.2) is 90.0 Å². The number of rotatable bonds is 7. The zero-order chi connectivity index (χ0) is 27.8. The molecule has 2 N–H and O–H groups in total. The smallest absolute Gasteiger partial charge is 0.335 e. The molecule has 0 unspecified atom stereocenters. The molecule has 0 radical (unpaired) electrons. The van der Waals surface area contributed by atoms with Gasteiger partial charge in [0.25, 0.3) is 0 Å². The Morgan fingerprint density at radius 1 is 0.875 bits per heavy atom. The minimum absolute atomic E-state index is 0.0544. The third-order valence-electron chi connectivity index (χ3n) is 7.27. The maximum absolute atomic E-state index is 13.9. The van der Waals surface area contributed by atoms with Crippen molar-refractivity contribution in [1.29, 1.82) is 0 Å². The highest BCUT2D eigenvalue weighted by Crippen LogP contribution is 2.28. The van der Waals surface area contributed by atoms with Crippen LogP contribution in [0.3, 0.4) is 0 Å². The van der Waals surface area contributed by atoms with Crippen molar-refractivity contribution < 1.29 is 19.8 Å². The van der Waals surface area contributed by atoms with Crippen LogP contribution in [0.4, 0.5) is 0 Å². The number of likely N-dealkylation sites (tertiary alicyclic amines) is 1. The van der Waals surface area contributed by atoms with Gasteiger partial charge in [-0.2, -0.15) is 0 Å². The fourth-order valence-electron chi connectivity index (χ4n) is 5.34. The monoisotopic (exact) mass is 535 g/mol. The van der Waals surface area contributed by atoms with E-state index >= 15 is 0 Å². The molecule has 1 saturated heterocycles. The van der Waals surface area contributed by atoms with Gasteiger partial charge in [0.2, 0.25) is 0 Å². The predicted octanol–water partition coefficient (Wildman–Crippen LogP) is 4.09. The predicted molar refractivity (Wildman–Crippen MR) is 148 cm³/mol. The molecule has 4 heterocycles. The molecule has 0 spiro atoms. The second-order valence-electron chi connectivity index (χ2n) is 9.78. The molecular formula is C30H25N5O5. The molecule has 5 aromatic rings. The molecule has 200 valence electrons. The maximum atomic E-state index is 13.9. The summed E-state index contributed by atoms with van der Waals surface area (Å²) in [6.45, 7) is 1.90. The summed E-state index contributed by atoms with van der Waals surface area (Å²) in [6.07, 6.45) is 3.94. The van der Waals surface area contributed by atoms with Crippen molar-refractivity contribution in [3.8, 4) is 16.9 Å². The van der Waals surface area contributed by atoms with Crippen LogP contribution in [0.25, 0.3) is 28.0 Å². The third-order valence-corrected chi connectivity index (χ3v) is 7.27. The molecule has 1 fully saturated rings. The highest BCUT2D eigenvalue weighted by atomic mass is 16.4. The molecule has 1 aliphatic rings. The molecule has 0 bridgehead atoms. The van der Waals surface area contributed by atoms with E-state index in [4.69, 9.17) is 5.11 Å². The molecule has 6 rings (SSSR count). The number of nitrogens with zero attached hydrogens (tertiary/aromatic N) is 5. The molecule has 10 nitrogen and oxygen atoms in total. The van der Waals surface area contributed by atoms with E-state index < -0.39 is 11.9 Å². The van der Waals surface area contributed by atoms with Crippen LogP contribution in [0, 0.1) is 0 Å². The molecule has 0 amide bonds. The minimum Gasteiger partial charge on any atom is -0.478 e. The molecule has 1 atom stereocenters. The van der Waals surface area contributed by atoms with Gasteiger partial charge in [0, 0.05) is 31.4 Å². The Morgan fingerprint density at radius 2 is 1.62 bits per heavy atom. The van der Waals surface area contributed by atoms with E-state index in [1.165, 1.54) is 24.4 Å². The van der Waals surface area contributed by atoms with E-state index in [2.05, 4.69) is 14.9 Å². The fraction of sp³-hybridized carbons (Fsp3) is 0.167. The first-order chi connectivity index (χ1) is 19.4. The summed E-state index contributed by atoms with van der Waals surface area (Å²) in [5.41, 5.74) is 4.63. The van der Waals surface area contributed by atoms with Crippen LogP contribution in [0.2, 0.25) is 0 Å². The SMILES string of the molecule is O=C(O)c1ccc(-c2ccc(-n3c(=O)n([C@H]4CCN(Cc5cc(C(=O)O)ccn5)C4)c4ccccc43)cn2)cc1. The molecule has 2 aromatic carbocycles. The number of aromatic carboxylic acids is 2. The Balaban J connectivity index is 1.28. The van der Waals surface area contributed by atoms with E-state index in [1.807, 2.05) is 41.0 Å². The van der Waals surface area contributed by atoms with Crippen molar-refractivity contribution in [3.05, 3.63) is 112 Å². The summed E-state index contributed by atoms with van der Waals surface area (Å²) in [4.78, 5) is 47.4. The van der Waals surface area contributed by atoms with Gasteiger partial charge in [-0.15, -0.1) is 0 Å². The summed E-state index contributed by atoms with van der Waals surface area (Å²) in [5.74, 6) is -1.97. The molecule has 1 aliphatic heterocycles. The van der Waals surface area contributed by atoms with Crippen LogP contribution in [0.1, 0.15) is 38.9 Å². The van der Waals surface area contributed by atoms with Crippen molar-refractivity contribution in [1.82, 2.24) is 24.0 Å². The van der Waals surface area contributed by atoms with E-state index in [-0.39, 0.29) is 22.9 Å². The lowest BCUT2D eigenvalue weighted by Gasteiger charge is -2.16. The van der Waals surface area contributed by atoms with Crippen molar-refractivity contribution in [2.24, 2.45) is 0 Å².